The number of anilines is 1. The Hall–Kier alpha value is -2.20. The molecule has 6 rings (SSSR count). The van der Waals surface area contributed by atoms with Crippen LogP contribution in [0.15, 0.2) is 34.4 Å². The second-order valence-electron chi connectivity index (χ2n) is 9.57. The van der Waals surface area contributed by atoms with E-state index < -0.39 is 0 Å². The van der Waals surface area contributed by atoms with Crippen molar-refractivity contribution < 1.29 is 9.84 Å². The first-order chi connectivity index (χ1) is 16.1. The lowest BCUT2D eigenvalue weighted by Crippen LogP contribution is -2.51. The van der Waals surface area contributed by atoms with Crippen LogP contribution in [0.25, 0.3) is 11.0 Å². The van der Waals surface area contributed by atoms with Crippen LogP contribution in [0.4, 0.5) is 5.82 Å². The predicted molar refractivity (Wildman–Crippen MR) is 127 cm³/mol. The average Bonchev–Trinajstić information content (AvgIpc) is 3.51. The summed E-state index contributed by atoms with van der Waals surface area (Å²) >= 11 is 1.58. The molecule has 0 amide bonds. The molecule has 3 aromatic rings. The number of hydrogen-bond donors (Lipinski definition) is 2. The summed E-state index contributed by atoms with van der Waals surface area (Å²) in [5.41, 5.74) is 9.55. The number of hydrogen-bond acceptors (Lipinski definition) is 8. The number of ether oxygens (including phenoxy) is 1. The maximum Gasteiger partial charge on any atom is 0.152 e. The van der Waals surface area contributed by atoms with Crippen LogP contribution >= 0.6 is 11.8 Å². The summed E-state index contributed by atoms with van der Waals surface area (Å²) in [6.07, 6.45) is 8.04. The number of aryl methyl sites for hydroxylation is 2. The van der Waals surface area contributed by atoms with Crippen molar-refractivity contribution in [3.05, 3.63) is 35.9 Å². The molecule has 174 valence electrons. The van der Waals surface area contributed by atoms with Crippen molar-refractivity contribution in [1.29, 1.82) is 0 Å². The van der Waals surface area contributed by atoms with E-state index in [9.17, 15) is 5.11 Å². The van der Waals surface area contributed by atoms with Gasteiger partial charge >= 0.3 is 0 Å². The van der Waals surface area contributed by atoms with Crippen molar-refractivity contribution in [2.45, 2.75) is 67.8 Å². The molecule has 3 N–H and O–H groups in total. The average molecular weight is 467 g/mol. The van der Waals surface area contributed by atoms with Crippen molar-refractivity contribution >= 4 is 28.6 Å². The number of nitrogens with zero attached hydrogens (tertiary/aromatic N) is 5. The smallest absolute Gasteiger partial charge is 0.152 e. The van der Waals surface area contributed by atoms with Gasteiger partial charge in [0.05, 0.1) is 25.5 Å². The normalized spacial score (nSPS) is 24.2. The van der Waals surface area contributed by atoms with E-state index in [4.69, 9.17) is 20.4 Å². The van der Waals surface area contributed by atoms with Gasteiger partial charge in [-0.25, -0.2) is 15.0 Å². The third kappa shape index (κ3) is 3.53. The summed E-state index contributed by atoms with van der Waals surface area (Å²) in [4.78, 5) is 17.5. The molecule has 2 fully saturated rings. The number of aliphatic hydroxyl groups is 1. The van der Waals surface area contributed by atoms with Crippen molar-refractivity contribution in [3.63, 3.8) is 0 Å². The van der Waals surface area contributed by atoms with Gasteiger partial charge in [0.1, 0.15) is 16.4 Å². The van der Waals surface area contributed by atoms with E-state index in [-0.39, 0.29) is 24.2 Å². The van der Waals surface area contributed by atoms with Gasteiger partial charge in [-0.2, -0.15) is 0 Å². The van der Waals surface area contributed by atoms with E-state index in [1.54, 1.807) is 11.8 Å². The third-order valence-electron chi connectivity index (χ3n) is 7.73. The van der Waals surface area contributed by atoms with Gasteiger partial charge in [-0.05, 0) is 44.7 Å². The lowest BCUT2D eigenvalue weighted by Gasteiger charge is -2.41. The lowest BCUT2D eigenvalue weighted by molar-refractivity contribution is 0.0973. The quantitative estimate of drug-likeness (QED) is 0.605. The molecule has 3 aromatic heterocycles. The van der Waals surface area contributed by atoms with Crippen LogP contribution in [0.5, 0.6) is 0 Å². The molecule has 0 unspecified atom stereocenters. The van der Waals surface area contributed by atoms with Gasteiger partial charge < -0.3 is 25.0 Å². The molecule has 8 nitrogen and oxygen atoms in total. The number of aromatic nitrogens is 4. The number of rotatable bonds is 4. The van der Waals surface area contributed by atoms with Gasteiger partial charge in [0.15, 0.2) is 5.82 Å². The fourth-order valence-electron chi connectivity index (χ4n) is 5.71. The number of pyridine rings is 1. The summed E-state index contributed by atoms with van der Waals surface area (Å²) in [6.45, 7) is 5.40. The largest absolute Gasteiger partial charge is 0.390 e. The molecule has 0 aromatic carbocycles. The van der Waals surface area contributed by atoms with E-state index in [2.05, 4.69) is 27.4 Å². The maximum absolute atomic E-state index is 10.1. The first-order valence-electron chi connectivity index (χ1n) is 11.8. The highest BCUT2D eigenvalue weighted by Crippen LogP contribution is 2.42. The summed E-state index contributed by atoms with van der Waals surface area (Å²) < 4.78 is 8.16. The van der Waals surface area contributed by atoms with Gasteiger partial charge in [0, 0.05) is 53.3 Å². The number of fused-ring (bicyclic) bond motifs is 3. The molecule has 2 saturated heterocycles. The third-order valence-corrected chi connectivity index (χ3v) is 8.71. The van der Waals surface area contributed by atoms with E-state index in [0.29, 0.717) is 5.69 Å². The highest BCUT2D eigenvalue weighted by atomic mass is 32.2. The number of nitrogens with two attached hydrogens (primary N) is 1. The number of aliphatic hydroxyl groups excluding tert-OH is 1. The SMILES string of the molecule is C[C@@H]1OCC2(CCN(c3ncc(Sc4ccnc5c4cc4n5CCC4)nc3CO)CC2)[C@@H]1N. The fraction of sp³-hybridized carbons (Fsp3) is 0.542. The zero-order chi connectivity index (χ0) is 22.6. The van der Waals surface area contributed by atoms with Crippen LogP contribution in [0.2, 0.25) is 0 Å². The van der Waals surface area contributed by atoms with Gasteiger partial charge in [-0.1, -0.05) is 11.8 Å². The van der Waals surface area contributed by atoms with Crippen molar-refractivity contribution in [1.82, 2.24) is 19.5 Å². The fourth-order valence-corrected chi connectivity index (χ4v) is 6.59. The lowest BCUT2D eigenvalue weighted by atomic mass is 9.73. The monoisotopic (exact) mass is 466 g/mol. The van der Waals surface area contributed by atoms with Gasteiger partial charge in [-0.15, -0.1) is 0 Å². The molecule has 0 saturated carbocycles. The molecule has 3 aliphatic heterocycles. The summed E-state index contributed by atoms with van der Waals surface area (Å²) in [5, 5.41) is 12.0. The molecule has 3 aliphatic rings. The van der Waals surface area contributed by atoms with Crippen LogP contribution in [0, 0.1) is 5.41 Å². The van der Waals surface area contributed by atoms with Crippen LogP contribution in [-0.4, -0.2) is 56.5 Å². The van der Waals surface area contributed by atoms with Crippen LogP contribution in [0.3, 0.4) is 0 Å². The van der Waals surface area contributed by atoms with Gasteiger partial charge in [0.2, 0.25) is 0 Å². The summed E-state index contributed by atoms with van der Waals surface area (Å²) in [5.74, 6) is 0.778. The standard InChI is InChI=1S/C24H30N6O2S/c1-15-21(25)24(14-32-15)5-9-29(10-6-24)23-18(13-31)28-20(12-27-23)33-19-4-7-26-22-17(19)11-16-3-2-8-30(16)22/h4,7,11-12,15,21,31H,2-3,5-6,8-10,13-14,25H2,1H3/t15-,21+/m0/s1. The molecule has 0 radical (unpaired) electrons. The highest BCUT2D eigenvalue weighted by molar-refractivity contribution is 7.99. The van der Waals surface area contributed by atoms with Crippen LogP contribution in [0.1, 0.15) is 37.6 Å². The Morgan fingerprint density at radius 3 is 2.88 bits per heavy atom. The zero-order valence-corrected chi connectivity index (χ0v) is 19.7. The minimum Gasteiger partial charge on any atom is -0.390 e. The highest BCUT2D eigenvalue weighted by Gasteiger charge is 2.47. The molecule has 0 bridgehead atoms. The zero-order valence-electron chi connectivity index (χ0n) is 18.9. The van der Waals surface area contributed by atoms with E-state index in [1.807, 2.05) is 18.5 Å². The molecule has 2 atom stereocenters. The molecular formula is C24H30N6O2S. The van der Waals surface area contributed by atoms with Crippen molar-refractivity contribution in [3.8, 4) is 0 Å². The maximum atomic E-state index is 10.1. The molecule has 0 aliphatic carbocycles. The number of piperidine rings is 1. The Labute approximate surface area is 197 Å². The second-order valence-corrected chi connectivity index (χ2v) is 10.6. The summed E-state index contributed by atoms with van der Waals surface area (Å²) in [7, 11) is 0. The first kappa shape index (κ1) is 21.3. The van der Waals surface area contributed by atoms with E-state index in [1.165, 1.54) is 17.5 Å². The molecule has 9 heteroatoms. The Bertz CT molecular complexity index is 1190. The predicted octanol–water partition coefficient (Wildman–Crippen LogP) is 2.75. The van der Waals surface area contributed by atoms with Crippen LogP contribution in [-0.2, 0) is 24.3 Å². The topological polar surface area (TPSA) is 102 Å². The van der Waals surface area contributed by atoms with Gasteiger partial charge in [0.25, 0.3) is 0 Å². The molecular weight excluding hydrogens is 436 g/mol. The van der Waals surface area contributed by atoms with Gasteiger partial charge in [-0.3, -0.25) is 0 Å². The molecule has 33 heavy (non-hydrogen) atoms. The Balaban J connectivity index is 1.22. The van der Waals surface area contributed by atoms with E-state index >= 15 is 0 Å². The van der Waals surface area contributed by atoms with Crippen molar-refractivity contribution in [2.24, 2.45) is 11.1 Å². The molecule has 1 spiro atoms. The minimum atomic E-state index is -0.135. The minimum absolute atomic E-state index is 0.0586. The van der Waals surface area contributed by atoms with E-state index in [0.717, 1.165) is 66.9 Å². The van der Waals surface area contributed by atoms with Crippen LogP contribution < -0.4 is 10.6 Å². The molecule has 6 heterocycles. The Kier molecular flexibility index (Phi) is 5.32. The first-order valence-corrected chi connectivity index (χ1v) is 12.6. The summed E-state index contributed by atoms with van der Waals surface area (Å²) in [6, 6.07) is 4.37. The van der Waals surface area contributed by atoms with Crippen molar-refractivity contribution in [2.75, 3.05) is 24.6 Å². The Morgan fingerprint density at radius 2 is 2.12 bits per heavy atom. The second kappa shape index (κ2) is 8.23. The Morgan fingerprint density at radius 1 is 1.27 bits per heavy atom.